The van der Waals surface area contributed by atoms with Crippen LogP contribution >= 0.6 is 0 Å². The van der Waals surface area contributed by atoms with Crippen molar-refractivity contribution in [2.24, 2.45) is 0 Å². The van der Waals surface area contributed by atoms with Gasteiger partial charge in [0.15, 0.2) is 6.29 Å². The Bertz CT molecular complexity index is 819. The van der Waals surface area contributed by atoms with Crippen molar-refractivity contribution in [1.82, 2.24) is 4.98 Å². The van der Waals surface area contributed by atoms with E-state index in [2.05, 4.69) is 4.98 Å². The molecule has 3 heteroatoms. The smallest absolute Gasteiger partial charge is 0.248 e. The molecular weight excluding hydrogens is 250 g/mol. The van der Waals surface area contributed by atoms with E-state index in [9.17, 15) is 9.59 Å². The number of hydrogen-bond donors (Lipinski definition) is 1. The van der Waals surface area contributed by atoms with Gasteiger partial charge in [-0.25, -0.2) is 0 Å². The summed E-state index contributed by atoms with van der Waals surface area (Å²) in [5.74, 6) is 0. The van der Waals surface area contributed by atoms with Crippen LogP contribution in [-0.4, -0.2) is 11.3 Å². The number of H-pyrrole nitrogens is 1. The van der Waals surface area contributed by atoms with Gasteiger partial charge in [-0.3, -0.25) is 9.59 Å². The summed E-state index contributed by atoms with van der Waals surface area (Å²) >= 11 is 0. The maximum atomic E-state index is 11.5. The summed E-state index contributed by atoms with van der Waals surface area (Å²) in [6.07, 6.45) is 1.53. The topological polar surface area (TPSA) is 49.9 Å². The Morgan fingerprint density at radius 1 is 0.950 bits per heavy atom. The van der Waals surface area contributed by atoms with Gasteiger partial charge in [0.05, 0.1) is 5.52 Å². The summed E-state index contributed by atoms with van der Waals surface area (Å²) in [4.78, 5) is 25.5. The number of aldehydes is 1. The number of carbonyl (C=O) groups excluding carboxylic acids is 1. The number of rotatable bonds is 3. The molecule has 98 valence electrons. The van der Waals surface area contributed by atoms with Crippen molar-refractivity contribution in [3.63, 3.8) is 0 Å². The van der Waals surface area contributed by atoms with Crippen LogP contribution in [0.1, 0.15) is 21.5 Å². The molecule has 0 aliphatic carbocycles. The minimum atomic E-state index is -0.158. The zero-order chi connectivity index (χ0) is 13.9. The lowest BCUT2D eigenvalue weighted by Crippen LogP contribution is -2.05. The fourth-order valence-corrected chi connectivity index (χ4v) is 2.40. The molecule has 0 saturated heterocycles. The molecule has 3 rings (SSSR count). The van der Waals surface area contributed by atoms with Gasteiger partial charge in [-0.2, -0.15) is 0 Å². The van der Waals surface area contributed by atoms with Gasteiger partial charge in [-0.05, 0) is 23.6 Å². The third-order valence-corrected chi connectivity index (χ3v) is 3.38. The van der Waals surface area contributed by atoms with Crippen molar-refractivity contribution >= 4 is 17.2 Å². The standard InChI is InChI=1S/C17H13NO2/c19-11-14-7-6-13(10-12-4-2-1-3-5-12)17-15(14)8-9-16(20)18-17/h1-9,11H,10H2,(H,18,20). The maximum absolute atomic E-state index is 11.5. The molecule has 0 fully saturated rings. The van der Waals surface area contributed by atoms with E-state index < -0.39 is 0 Å². The van der Waals surface area contributed by atoms with Crippen LogP contribution in [0.4, 0.5) is 0 Å². The summed E-state index contributed by atoms with van der Waals surface area (Å²) in [6, 6.07) is 16.9. The number of hydrogen-bond acceptors (Lipinski definition) is 2. The van der Waals surface area contributed by atoms with Crippen molar-refractivity contribution < 1.29 is 4.79 Å². The predicted octanol–water partition coefficient (Wildman–Crippen LogP) is 2.93. The molecular formula is C17H13NO2. The van der Waals surface area contributed by atoms with E-state index in [0.29, 0.717) is 5.56 Å². The lowest BCUT2D eigenvalue weighted by molar-refractivity contribution is 0.112. The summed E-state index contributed by atoms with van der Waals surface area (Å²) < 4.78 is 0. The third kappa shape index (κ3) is 2.26. The Kier molecular flexibility index (Phi) is 3.17. The zero-order valence-corrected chi connectivity index (χ0v) is 10.8. The molecule has 1 N–H and O–H groups in total. The van der Waals surface area contributed by atoms with Gasteiger partial charge in [-0.15, -0.1) is 0 Å². The number of pyridine rings is 1. The van der Waals surface area contributed by atoms with Crippen molar-refractivity contribution in [2.75, 3.05) is 0 Å². The lowest BCUT2D eigenvalue weighted by atomic mass is 9.99. The van der Waals surface area contributed by atoms with Crippen LogP contribution in [-0.2, 0) is 6.42 Å². The Morgan fingerprint density at radius 2 is 1.75 bits per heavy atom. The first kappa shape index (κ1) is 12.4. The van der Waals surface area contributed by atoms with Gasteiger partial charge in [-0.1, -0.05) is 42.5 Å². The molecule has 0 aliphatic heterocycles. The van der Waals surface area contributed by atoms with Gasteiger partial charge in [0.25, 0.3) is 0 Å². The van der Waals surface area contributed by atoms with Gasteiger partial charge < -0.3 is 4.98 Å². The first-order valence-corrected chi connectivity index (χ1v) is 6.42. The van der Waals surface area contributed by atoms with Crippen molar-refractivity contribution in [3.05, 3.63) is 81.6 Å². The summed E-state index contributed by atoms with van der Waals surface area (Å²) in [5.41, 5.74) is 3.35. The van der Waals surface area contributed by atoms with E-state index in [1.807, 2.05) is 36.4 Å². The molecule has 2 aromatic carbocycles. The molecule has 20 heavy (non-hydrogen) atoms. The van der Waals surface area contributed by atoms with E-state index in [4.69, 9.17) is 0 Å². The second kappa shape index (κ2) is 5.13. The molecule has 1 heterocycles. The summed E-state index contributed by atoms with van der Waals surface area (Å²) in [5, 5.41) is 0.785. The van der Waals surface area contributed by atoms with E-state index in [-0.39, 0.29) is 5.56 Å². The minimum Gasteiger partial charge on any atom is -0.322 e. The molecule has 0 amide bonds. The van der Waals surface area contributed by atoms with Gasteiger partial charge >= 0.3 is 0 Å². The molecule has 1 aromatic heterocycles. The zero-order valence-electron chi connectivity index (χ0n) is 10.8. The second-order valence-electron chi connectivity index (χ2n) is 4.71. The first-order valence-electron chi connectivity index (χ1n) is 6.42. The molecule has 0 unspecified atom stereocenters. The largest absolute Gasteiger partial charge is 0.322 e. The van der Waals surface area contributed by atoms with Crippen LogP contribution in [0.3, 0.4) is 0 Å². The van der Waals surface area contributed by atoms with E-state index >= 15 is 0 Å². The molecule has 0 saturated carbocycles. The monoisotopic (exact) mass is 263 g/mol. The Hall–Kier alpha value is -2.68. The highest BCUT2D eigenvalue weighted by Gasteiger charge is 2.07. The molecule has 0 atom stereocenters. The number of benzene rings is 2. The normalized spacial score (nSPS) is 10.6. The van der Waals surface area contributed by atoms with Crippen molar-refractivity contribution in [2.45, 2.75) is 6.42 Å². The van der Waals surface area contributed by atoms with Crippen LogP contribution < -0.4 is 5.56 Å². The Labute approximate surface area is 115 Å². The number of aromatic amines is 1. The number of carbonyl (C=O) groups is 1. The number of aromatic nitrogens is 1. The second-order valence-corrected chi connectivity index (χ2v) is 4.71. The quantitative estimate of drug-likeness (QED) is 0.739. The molecule has 3 aromatic rings. The average molecular weight is 263 g/mol. The predicted molar refractivity (Wildman–Crippen MR) is 79.2 cm³/mol. The molecule has 0 aliphatic rings. The van der Waals surface area contributed by atoms with Crippen LogP contribution in [0, 0.1) is 0 Å². The maximum Gasteiger partial charge on any atom is 0.248 e. The first-order chi connectivity index (χ1) is 9.78. The van der Waals surface area contributed by atoms with Gasteiger partial charge in [0.2, 0.25) is 5.56 Å². The van der Waals surface area contributed by atoms with E-state index in [1.165, 1.54) is 6.07 Å². The van der Waals surface area contributed by atoms with Gasteiger partial charge in [0.1, 0.15) is 0 Å². The van der Waals surface area contributed by atoms with Crippen LogP contribution in [0.15, 0.2) is 59.4 Å². The summed E-state index contributed by atoms with van der Waals surface area (Å²) in [7, 11) is 0. The molecule has 0 radical (unpaired) electrons. The van der Waals surface area contributed by atoms with Crippen LogP contribution in [0.2, 0.25) is 0 Å². The Morgan fingerprint density at radius 3 is 2.50 bits per heavy atom. The molecule has 3 nitrogen and oxygen atoms in total. The fraction of sp³-hybridized carbons (Fsp3) is 0.0588. The lowest BCUT2D eigenvalue weighted by Gasteiger charge is -2.08. The minimum absolute atomic E-state index is 0.158. The van der Waals surface area contributed by atoms with Crippen molar-refractivity contribution in [3.8, 4) is 0 Å². The third-order valence-electron chi connectivity index (χ3n) is 3.38. The van der Waals surface area contributed by atoms with E-state index in [0.717, 1.165) is 34.7 Å². The highest BCUT2D eigenvalue weighted by atomic mass is 16.1. The number of fused-ring (bicyclic) bond motifs is 1. The van der Waals surface area contributed by atoms with Crippen LogP contribution in [0.5, 0.6) is 0 Å². The SMILES string of the molecule is O=Cc1ccc(Cc2ccccc2)c2[nH]c(=O)ccc12. The molecule has 0 spiro atoms. The van der Waals surface area contributed by atoms with Gasteiger partial charge in [0, 0.05) is 17.0 Å². The van der Waals surface area contributed by atoms with Crippen LogP contribution in [0.25, 0.3) is 10.9 Å². The highest BCUT2D eigenvalue weighted by molar-refractivity contribution is 5.97. The van der Waals surface area contributed by atoms with E-state index in [1.54, 1.807) is 12.1 Å². The van der Waals surface area contributed by atoms with Crippen molar-refractivity contribution in [1.29, 1.82) is 0 Å². The fourth-order valence-electron chi connectivity index (χ4n) is 2.40. The number of nitrogens with one attached hydrogen (secondary N) is 1. The summed E-state index contributed by atoms with van der Waals surface area (Å²) in [6.45, 7) is 0. The molecule has 0 bridgehead atoms. The Balaban J connectivity index is 2.18. The highest BCUT2D eigenvalue weighted by Crippen LogP contribution is 2.21. The average Bonchev–Trinajstić information content (AvgIpc) is 2.49.